The molecular formula is C56H41N. The van der Waals surface area contributed by atoms with Crippen molar-refractivity contribution in [3.63, 3.8) is 0 Å². The van der Waals surface area contributed by atoms with E-state index in [2.05, 4.69) is 231 Å². The minimum atomic E-state index is -0.535. The fraction of sp³-hybridized carbons (Fsp3) is 0.0714. The largest absolute Gasteiger partial charge is 0.310 e. The standard InChI is InChI=1S/C56H41N/c1-55(2)50-28-15-14-27-47(50)48-32-30-44(36-52(48)55)57(43-25-16-20-40(35-43)38-17-6-3-7-18-38)45-31-33-49-53(37-45)56(41-21-8-4-9-22-41,42-23-10-5-11-24-42)51-34-29-39-19-12-13-26-46(39)54(49)51/h3-37H,1-2H3. The van der Waals surface area contributed by atoms with E-state index >= 15 is 0 Å². The molecule has 0 bridgehead atoms. The van der Waals surface area contributed by atoms with Crippen LogP contribution in [0.5, 0.6) is 0 Å². The number of nitrogens with zero attached hydrogens (tertiary/aromatic N) is 1. The molecule has 1 nitrogen and oxygen atoms in total. The maximum absolute atomic E-state index is 2.49. The summed E-state index contributed by atoms with van der Waals surface area (Å²) in [5, 5.41) is 2.54. The van der Waals surface area contributed by atoms with Crippen molar-refractivity contribution in [3.8, 4) is 33.4 Å². The third-order valence-electron chi connectivity index (χ3n) is 12.7. The van der Waals surface area contributed by atoms with Gasteiger partial charge in [0.15, 0.2) is 0 Å². The van der Waals surface area contributed by atoms with Gasteiger partial charge in [-0.15, -0.1) is 0 Å². The minimum Gasteiger partial charge on any atom is -0.310 e. The van der Waals surface area contributed by atoms with Crippen LogP contribution in [0.2, 0.25) is 0 Å². The van der Waals surface area contributed by atoms with Gasteiger partial charge in [0.05, 0.1) is 5.41 Å². The van der Waals surface area contributed by atoms with E-state index in [0.29, 0.717) is 0 Å². The van der Waals surface area contributed by atoms with Crippen LogP contribution in [0.15, 0.2) is 212 Å². The molecular weight excluding hydrogens is 687 g/mol. The molecule has 0 unspecified atom stereocenters. The summed E-state index contributed by atoms with van der Waals surface area (Å²) in [7, 11) is 0. The van der Waals surface area contributed by atoms with Gasteiger partial charge in [-0.3, -0.25) is 0 Å². The molecule has 0 aliphatic heterocycles. The van der Waals surface area contributed by atoms with Gasteiger partial charge in [-0.2, -0.15) is 0 Å². The van der Waals surface area contributed by atoms with Gasteiger partial charge in [0, 0.05) is 22.5 Å². The van der Waals surface area contributed by atoms with Crippen LogP contribution in [-0.4, -0.2) is 0 Å². The van der Waals surface area contributed by atoms with E-state index in [1.54, 1.807) is 0 Å². The van der Waals surface area contributed by atoms with Crippen LogP contribution in [0.4, 0.5) is 17.1 Å². The van der Waals surface area contributed by atoms with E-state index in [9.17, 15) is 0 Å². The summed E-state index contributed by atoms with van der Waals surface area (Å²) in [4.78, 5) is 2.48. The van der Waals surface area contributed by atoms with Gasteiger partial charge >= 0.3 is 0 Å². The Balaban J connectivity index is 1.20. The highest BCUT2D eigenvalue weighted by molar-refractivity contribution is 6.04. The molecule has 2 aliphatic carbocycles. The fourth-order valence-electron chi connectivity index (χ4n) is 10.1. The molecule has 0 saturated heterocycles. The maximum atomic E-state index is 2.49. The van der Waals surface area contributed by atoms with Gasteiger partial charge in [-0.1, -0.05) is 190 Å². The molecule has 0 aromatic heterocycles. The first-order valence-corrected chi connectivity index (χ1v) is 20.0. The van der Waals surface area contributed by atoms with Crippen molar-refractivity contribution in [2.45, 2.75) is 24.7 Å². The molecule has 9 aromatic rings. The Bertz CT molecular complexity index is 2940. The van der Waals surface area contributed by atoms with Crippen LogP contribution >= 0.6 is 0 Å². The molecule has 0 amide bonds. The molecule has 0 spiro atoms. The number of benzene rings is 9. The van der Waals surface area contributed by atoms with Crippen LogP contribution in [-0.2, 0) is 10.8 Å². The molecule has 57 heavy (non-hydrogen) atoms. The van der Waals surface area contributed by atoms with Crippen LogP contribution in [0, 0.1) is 0 Å². The number of hydrogen-bond donors (Lipinski definition) is 0. The molecule has 270 valence electrons. The Morgan fingerprint density at radius 1 is 0.351 bits per heavy atom. The van der Waals surface area contributed by atoms with Gasteiger partial charge in [0.1, 0.15) is 0 Å². The molecule has 0 radical (unpaired) electrons. The highest BCUT2D eigenvalue weighted by Crippen LogP contribution is 2.59. The molecule has 0 atom stereocenters. The summed E-state index contributed by atoms with van der Waals surface area (Å²) < 4.78 is 0. The molecule has 0 heterocycles. The van der Waals surface area contributed by atoms with Crippen molar-refractivity contribution in [1.82, 2.24) is 0 Å². The summed E-state index contributed by atoms with van der Waals surface area (Å²) in [6, 6.07) is 78.8. The van der Waals surface area contributed by atoms with E-state index in [4.69, 9.17) is 0 Å². The number of hydrogen-bond acceptors (Lipinski definition) is 1. The smallest absolute Gasteiger partial charge is 0.0714 e. The van der Waals surface area contributed by atoms with Gasteiger partial charge in [-0.05, 0) is 114 Å². The Hall–Kier alpha value is -6.96. The number of rotatable bonds is 6. The normalized spacial score (nSPS) is 14.1. The molecule has 1 heteroatoms. The third-order valence-corrected chi connectivity index (χ3v) is 12.7. The predicted molar refractivity (Wildman–Crippen MR) is 239 cm³/mol. The van der Waals surface area contributed by atoms with Crippen molar-refractivity contribution in [1.29, 1.82) is 0 Å². The Morgan fingerprint density at radius 2 is 0.912 bits per heavy atom. The highest BCUT2D eigenvalue weighted by Gasteiger charge is 2.47. The van der Waals surface area contributed by atoms with Crippen molar-refractivity contribution in [3.05, 3.63) is 246 Å². The Morgan fingerprint density at radius 3 is 1.65 bits per heavy atom. The van der Waals surface area contributed by atoms with Gasteiger partial charge < -0.3 is 4.90 Å². The molecule has 0 saturated carbocycles. The van der Waals surface area contributed by atoms with Gasteiger partial charge in [-0.25, -0.2) is 0 Å². The molecule has 9 aromatic carbocycles. The Labute approximate surface area is 335 Å². The lowest BCUT2D eigenvalue weighted by Crippen LogP contribution is -2.28. The molecule has 0 fully saturated rings. The van der Waals surface area contributed by atoms with E-state index in [0.717, 1.165) is 17.1 Å². The quantitative estimate of drug-likeness (QED) is 0.165. The van der Waals surface area contributed by atoms with Crippen LogP contribution in [0.25, 0.3) is 44.2 Å². The second kappa shape index (κ2) is 12.8. The van der Waals surface area contributed by atoms with Gasteiger partial charge in [0.25, 0.3) is 0 Å². The zero-order chi connectivity index (χ0) is 38.1. The summed E-state index contributed by atoms with van der Waals surface area (Å²) in [6.45, 7) is 4.74. The summed E-state index contributed by atoms with van der Waals surface area (Å²) >= 11 is 0. The minimum absolute atomic E-state index is 0.129. The van der Waals surface area contributed by atoms with E-state index in [-0.39, 0.29) is 5.41 Å². The first kappa shape index (κ1) is 33.4. The topological polar surface area (TPSA) is 3.24 Å². The average Bonchev–Trinajstić information content (AvgIpc) is 3.70. The third kappa shape index (κ3) is 4.95. The van der Waals surface area contributed by atoms with E-state index in [1.165, 1.54) is 77.5 Å². The van der Waals surface area contributed by atoms with Gasteiger partial charge in [0.2, 0.25) is 0 Å². The highest BCUT2D eigenvalue weighted by atomic mass is 15.1. The Kier molecular flexibility index (Phi) is 7.50. The van der Waals surface area contributed by atoms with Crippen LogP contribution < -0.4 is 4.90 Å². The lowest BCUT2D eigenvalue weighted by molar-refractivity contribution is 0.660. The van der Waals surface area contributed by atoms with Crippen molar-refractivity contribution in [2.75, 3.05) is 4.90 Å². The number of fused-ring (bicyclic) bond motifs is 8. The second-order valence-corrected chi connectivity index (χ2v) is 16.1. The first-order chi connectivity index (χ1) is 28.0. The monoisotopic (exact) mass is 727 g/mol. The average molecular weight is 728 g/mol. The van der Waals surface area contributed by atoms with E-state index in [1.807, 2.05) is 0 Å². The van der Waals surface area contributed by atoms with Crippen LogP contribution in [0.1, 0.15) is 47.2 Å². The maximum Gasteiger partial charge on any atom is 0.0714 e. The zero-order valence-corrected chi connectivity index (χ0v) is 32.2. The zero-order valence-electron chi connectivity index (χ0n) is 32.2. The first-order valence-electron chi connectivity index (χ1n) is 20.0. The molecule has 2 aliphatic rings. The predicted octanol–water partition coefficient (Wildman–Crippen LogP) is 14.6. The number of anilines is 3. The summed E-state index contributed by atoms with van der Waals surface area (Å²) in [5.74, 6) is 0. The lowest BCUT2D eigenvalue weighted by atomic mass is 9.67. The summed E-state index contributed by atoms with van der Waals surface area (Å²) in [5.41, 5.74) is 18.2. The lowest BCUT2D eigenvalue weighted by Gasteiger charge is -2.35. The van der Waals surface area contributed by atoms with Crippen molar-refractivity contribution in [2.24, 2.45) is 0 Å². The second-order valence-electron chi connectivity index (χ2n) is 16.1. The SMILES string of the molecule is CC1(C)c2ccccc2-c2ccc(N(c3cccc(-c4ccccc4)c3)c3ccc4c(c3)C(c3ccccc3)(c3ccccc3)c3ccc5ccccc5c3-4)cc21. The molecule has 0 N–H and O–H groups in total. The molecule has 11 rings (SSSR count). The van der Waals surface area contributed by atoms with Crippen molar-refractivity contribution >= 4 is 27.8 Å². The summed E-state index contributed by atoms with van der Waals surface area (Å²) in [6.07, 6.45) is 0. The van der Waals surface area contributed by atoms with Crippen LogP contribution in [0.3, 0.4) is 0 Å². The van der Waals surface area contributed by atoms with E-state index < -0.39 is 5.41 Å². The fourth-order valence-corrected chi connectivity index (χ4v) is 10.1. The van der Waals surface area contributed by atoms with Crippen molar-refractivity contribution < 1.29 is 0 Å².